The van der Waals surface area contributed by atoms with Crippen molar-refractivity contribution in [3.63, 3.8) is 0 Å². The summed E-state index contributed by atoms with van der Waals surface area (Å²) in [5.74, 6) is -0.487. The lowest BCUT2D eigenvalue weighted by molar-refractivity contribution is -0.141. The van der Waals surface area contributed by atoms with Crippen molar-refractivity contribution < 1.29 is 9.90 Å². The van der Waals surface area contributed by atoms with Crippen LogP contribution in [0, 0.1) is 5.92 Å². The van der Waals surface area contributed by atoms with Gasteiger partial charge in [-0.05, 0) is 81.3 Å². The van der Waals surface area contributed by atoms with E-state index in [0.29, 0.717) is 6.04 Å². The van der Waals surface area contributed by atoms with Crippen molar-refractivity contribution in [3.05, 3.63) is 33.8 Å². The summed E-state index contributed by atoms with van der Waals surface area (Å²) in [5.41, 5.74) is 2.93. The van der Waals surface area contributed by atoms with Crippen molar-refractivity contribution in [3.8, 4) is 0 Å². The molecule has 1 heterocycles. The number of carboxylic acids is 1. The maximum atomic E-state index is 11.7. The molecular weight excluding hydrogens is 391 g/mol. The van der Waals surface area contributed by atoms with E-state index in [-0.39, 0.29) is 5.92 Å². The molecule has 2 atom stereocenters. The molecule has 141 valence electrons. The van der Waals surface area contributed by atoms with Crippen molar-refractivity contribution in [2.24, 2.45) is 5.92 Å². The van der Waals surface area contributed by atoms with Crippen LogP contribution in [0.2, 0.25) is 6.32 Å². The summed E-state index contributed by atoms with van der Waals surface area (Å²) in [4.78, 5) is 14.3. The summed E-state index contributed by atoms with van der Waals surface area (Å²) < 4.78 is 1.23. The maximum Gasteiger partial charge on any atom is 0.320 e. The number of piperidine rings is 1. The zero-order chi connectivity index (χ0) is 18.5. The Hall–Kier alpha value is -0.845. The second-order valence-corrected chi connectivity index (χ2v) is 8.42. The molecule has 1 saturated heterocycles. The average Bonchev–Trinajstić information content (AvgIpc) is 2.65. The van der Waals surface area contributed by atoms with Crippen molar-refractivity contribution in [2.75, 3.05) is 19.6 Å². The van der Waals surface area contributed by atoms with Crippen molar-refractivity contribution in [2.45, 2.75) is 56.9 Å². The smallest absolute Gasteiger partial charge is 0.320 e. The van der Waals surface area contributed by atoms with Crippen LogP contribution in [0.1, 0.15) is 49.3 Å². The molecule has 2 unspecified atom stereocenters. The fourth-order valence-electron chi connectivity index (χ4n) is 4.56. The van der Waals surface area contributed by atoms with E-state index in [9.17, 15) is 9.90 Å². The summed E-state index contributed by atoms with van der Waals surface area (Å²) in [6, 6.07) is 6.62. The largest absolute Gasteiger partial charge is 0.480 e. The second-order valence-electron chi connectivity index (χ2n) is 7.57. The Balaban J connectivity index is 1.62. The van der Waals surface area contributed by atoms with Crippen molar-refractivity contribution >= 4 is 29.7 Å². The molecule has 1 aromatic carbocycles. The summed E-state index contributed by atoms with van der Waals surface area (Å²) in [5, 5.41) is 12.8. The quantitative estimate of drug-likeness (QED) is 0.525. The molecule has 0 saturated carbocycles. The van der Waals surface area contributed by atoms with Gasteiger partial charge in [0.2, 0.25) is 0 Å². The fourth-order valence-corrected chi connectivity index (χ4v) is 5.14. The van der Waals surface area contributed by atoms with Gasteiger partial charge in [0.1, 0.15) is 6.04 Å². The number of carboxylic acid groups (broad SMARTS) is 1. The Morgan fingerprint density at radius 1 is 1.35 bits per heavy atom. The molecular formula is C20H29BBrN2O2. The lowest BCUT2D eigenvalue weighted by atomic mass is 9.83. The van der Waals surface area contributed by atoms with Gasteiger partial charge in [0, 0.05) is 10.5 Å². The minimum Gasteiger partial charge on any atom is -0.480 e. The first kappa shape index (κ1) is 19.9. The van der Waals surface area contributed by atoms with Crippen LogP contribution in [-0.4, -0.2) is 49.5 Å². The van der Waals surface area contributed by atoms with Crippen LogP contribution in [0.25, 0.3) is 0 Å². The van der Waals surface area contributed by atoms with E-state index in [1.54, 1.807) is 0 Å². The van der Waals surface area contributed by atoms with Crippen LogP contribution in [0.3, 0.4) is 0 Å². The number of fused-ring (bicyclic) bond motifs is 1. The average molecular weight is 420 g/mol. The van der Waals surface area contributed by atoms with Crippen molar-refractivity contribution in [1.82, 2.24) is 10.2 Å². The predicted octanol–water partition coefficient (Wildman–Crippen LogP) is 3.29. The van der Waals surface area contributed by atoms with Gasteiger partial charge in [0.15, 0.2) is 0 Å². The first-order chi connectivity index (χ1) is 12.6. The molecule has 4 nitrogen and oxygen atoms in total. The number of aliphatic carboxylic acids is 1. The molecule has 1 radical (unpaired) electrons. The molecule has 2 aliphatic rings. The van der Waals surface area contributed by atoms with E-state index in [2.05, 4.69) is 52.2 Å². The third-order valence-corrected chi connectivity index (χ3v) is 6.70. The standard InChI is InChI=1S/C20H29BBrN2O2/c21-10-3-11-23-19(20(25)26)14-8-12-24(13-9-14)18-7-2-4-15-16(18)5-1-6-17(15)22/h1,5-6,14,18-19,21,23H,2-4,7-13H2,(H,25,26). The van der Waals surface area contributed by atoms with Gasteiger partial charge in [-0.2, -0.15) is 0 Å². The maximum absolute atomic E-state index is 11.7. The monoisotopic (exact) mass is 419 g/mol. The Morgan fingerprint density at radius 2 is 2.12 bits per heavy atom. The molecule has 0 bridgehead atoms. The molecule has 26 heavy (non-hydrogen) atoms. The van der Waals surface area contributed by atoms with Crippen LogP contribution in [-0.2, 0) is 11.2 Å². The Labute approximate surface area is 166 Å². The van der Waals surface area contributed by atoms with Crippen molar-refractivity contribution in [1.29, 1.82) is 0 Å². The Kier molecular flexibility index (Phi) is 7.18. The third kappa shape index (κ3) is 4.52. The summed E-state index contributed by atoms with van der Waals surface area (Å²) >= 11 is 3.71. The lowest BCUT2D eigenvalue weighted by Gasteiger charge is -2.41. The second kappa shape index (κ2) is 9.38. The minimum absolute atomic E-state index is 0.221. The first-order valence-electron chi connectivity index (χ1n) is 9.88. The number of hydrogen-bond donors (Lipinski definition) is 2. The van der Waals surface area contributed by atoms with Gasteiger partial charge < -0.3 is 10.4 Å². The Morgan fingerprint density at radius 3 is 2.81 bits per heavy atom. The highest BCUT2D eigenvalue weighted by Gasteiger charge is 2.34. The van der Waals surface area contributed by atoms with E-state index in [1.165, 1.54) is 28.4 Å². The van der Waals surface area contributed by atoms with E-state index in [1.807, 2.05) is 0 Å². The highest BCUT2D eigenvalue weighted by Crippen LogP contribution is 2.39. The van der Waals surface area contributed by atoms with E-state index >= 15 is 0 Å². The highest BCUT2D eigenvalue weighted by atomic mass is 79.9. The number of hydrogen-bond acceptors (Lipinski definition) is 3. The number of rotatable bonds is 7. The number of benzene rings is 1. The van der Waals surface area contributed by atoms with E-state index in [0.717, 1.165) is 51.6 Å². The fraction of sp³-hybridized carbons (Fsp3) is 0.650. The zero-order valence-electron chi connectivity index (χ0n) is 15.4. The number of nitrogens with one attached hydrogen (secondary N) is 1. The molecule has 0 amide bonds. The van der Waals surface area contributed by atoms with Gasteiger partial charge in [-0.3, -0.25) is 9.69 Å². The predicted molar refractivity (Wildman–Crippen MR) is 110 cm³/mol. The molecule has 1 aliphatic carbocycles. The van der Waals surface area contributed by atoms with Gasteiger partial charge in [-0.15, -0.1) is 0 Å². The van der Waals surface area contributed by atoms with Gasteiger partial charge in [-0.1, -0.05) is 34.4 Å². The van der Waals surface area contributed by atoms with Gasteiger partial charge in [0.25, 0.3) is 0 Å². The van der Waals surface area contributed by atoms with Crippen LogP contribution < -0.4 is 5.32 Å². The molecule has 6 heteroatoms. The van der Waals surface area contributed by atoms with Gasteiger partial charge in [-0.25, -0.2) is 0 Å². The minimum atomic E-state index is -0.709. The van der Waals surface area contributed by atoms with Crippen LogP contribution in [0.5, 0.6) is 0 Å². The molecule has 3 rings (SSSR count). The zero-order valence-corrected chi connectivity index (χ0v) is 17.0. The van der Waals surface area contributed by atoms with Crippen LogP contribution >= 0.6 is 15.9 Å². The number of halogens is 1. The topological polar surface area (TPSA) is 52.6 Å². The summed E-state index contributed by atoms with van der Waals surface area (Å²) in [6.07, 6.45) is 7.26. The third-order valence-electron chi connectivity index (χ3n) is 5.96. The molecule has 0 spiro atoms. The molecule has 1 fully saturated rings. The van der Waals surface area contributed by atoms with Crippen LogP contribution in [0.4, 0.5) is 0 Å². The molecule has 2 N–H and O–H groups in total. The molecule has 0 aromatic heterocycles. The lowest BCUT2D eigenvalue weighted by Crippen LogP contribution is -2.48. The number of carbonyl (C=O) groups is 1. The summed E-state index contributed by atoms with van der Waals surface area (Å²) in [7, 11) is 3.83. The Bertz CT molecular complexity index is 620. The highest BCUT2D eigenvalue weighted by molar-refractivity contribution is 9.10. The normalized spacial score (nSPS) is 22.7. The van der Waals surface area contributed by atoms with Crippen LogP contribution in [0.15, 0.2) is 22.7 Å². The van der Waals surface area contributed by atoms with E-state index < -0.39 is 12.0 Å². The number of likely N-dealkylation sites (tertiary alicyclic amines) is 1. The van der Waals surface area contributed by atoms with Gasteiger partial charge in [0.05, 0.1) is 7.85 Å². The SMILES string of the molecule is [BH]CCCNC(C(=O)O)C1CCN(C2CCCc3c(Br)cccc32)CC1. The summed E-state index contributed by atoms with van der Waals surface area (Å²) in [6.45, 7) is 2.72. The number of nitrogens with zero attached hydrogens (tertiary/aromatic N) is 1. The van der Waals surface area contributed by atoms with Gasteiger partial charge >= 0.3 is 5.97 Å². The van der Waals surface area contributed by atoms with E-state index in [4.69, 9.17) is 0 Å². The first-order valence-corrected chi connectivity index (χ1v) is 10.7. The molecule has 1 aromatic rings. The molecule has 1 aliphatic heterocycles.